The van der Waals surface area contributed by atoms with E-state index in [9.17, 15) is 0 Å². The van der Waals surface area contributed by atoms with Gasteiger partial charge in [0.15, 0.2) is 0 Å². The van der Waals surface area contributed by atoms with Crippen LogP contribution >= 0.6 is 24.4 Å². The van der Waals surface area contributed by atoms with Gasteiger partial charge in [0.2, 0.25) is 0 Å². The molecule has 0 aliphatic heterocycles. The predicted molar refractivity (Wildman–Crippen MR) is 88.1 cm³/mol. The summed E-state index contributed by atoms with van der Waals surface area (Å²) in [4.78, 5) is 2.49. The van der Waals surface area contributed by atoms with E-state index in [0.29, 0.717) is 12.0 Å². The molecular weight excluding hydrogens is 258 g/mol. The van der Waals surface area contributed by atoms with Crippen LogP contribution in [0.3, 0.4) is 0 Å². The van der Waals surface area contributed by atoms with E-state index in [4.69, 9.17) is 0 Å². The summed E-state index contributed by atoms with van der Waals surface area (Å²) in [6, 6.07) is 11.4. The van der Waals surface area contributed by atoms with Gasteiger partial charge in [-0.1, -0.05) is 37.3 Å². The first-order valence-electron chi connectivity index (χ1n) is 6.57. The number of hydrogen-bond acceptors (Lipinski definition) is 3. The lowest BCUT2D eigenvalue weighted by atomic mass is 10.00. The fraction of sp³-hybridized carbons (Fsp3) is 0.600. The molecule has 0 bridgehead atoms. The highest BCUT2D eigenvalue weighted by atomic mass is 32.2. The molecule has 3 heteroatoms. The number of nitrogens with zero attached hydrogens (tertiary/aromatic N) is 1. The highest BCUT2D eigenvalue weighted by Crippen LogP contribution is 2.20. The van der Waals surface area contributed by atoms with Gasteiger partial charge in [0.05, 0.1) is 0 Å². The monoisotopic (exact) mass is 283 g/mol. The van der Waals surface area contributed by atoms with E-state index in [1.807, 2.05) is 11.8 Å². The van der Waals surface area contributed by atoms with Crippen LogP contribution in [0.15, 0.2) is 30.3 Å². The van der Waals surface area contributed by atoms with Crippen molar-refractivity contribution in [3.8, 4) is 0 Å². The first-order valence-corrected chi connectivity index (χ1v) is 8.60. The Morgan fingerprint density at radius 3 is 2.44 bits per heavy atom. The van der Waals surface area contributed by atoms with Crippen LogP contribution in [-0.2, 0) is 0 Å². The summed E-state index contributed by atoms with van der Waals surface area (Å²) < 4.78 is 0. The average Bonchev–Trinajstić information content (AvgIpc) is 2.42. The van der Waals surface area contributed by atoms with Gasteiger partial charge in [-0.25, -0.2) is 0 Å². The summed E-state index contributed by atoms with van der Waals surface area (Å²) in [6.45, 7) is 3.36. The molecule has 2 atom stereocenters. The zero-order chi connectivity index (χ0) is 13.4. The predicted octanol–water partition coefficient (Wildman–Crippen LogP) is 3.77. The molecule has 1 aromatic rings. The third-order valence-corrected chi connectivity index (χ3v) is 4.61. The van der Waals surface area contributed by atoms with E-state index in [-0.39, 0.29) is 0 Å². The maximum absolute atomic E-state index is 4.52. The Morgan fingerprint density at radius 1 is 1.28 bits per heavy atom. The summed E-state index contributed by atoms with van der Waals surface area (Å²) >= 11 is 6.45. The minimum absolute atomic E-state index is 0.524. The van der Waals surface area contributed by atoms with Crippen LogP contribution in [0, 0.1) is 0 Å². The second-order valence-electron chi connectivity index (χ2n) is 4.75. The fourth-order valence-electron chi connectivity index (χ4n) is 2.24. The number of thioether (sulfide) groups is 1. The third-order valence-electron chi connectivity index (χ3n) is 3.45. The highest BCUT2D eigenvalue weighted by molar-refractivity contribution is 7.98. The molecule has 0 aliphatic carbocycles. The van der Waals surface area contributed by atoms with Crippen molar-refractivity contribution in [1.29, 1.82) is 0 Å². The first kappa shape index (κ1) is 15.9. The maximum atomic E-state index is 4.52. The Bertz CT molecular complexity index is 316. The van der Waals surface area contributed by atoms with Gasteiger partial charge in [0.1, 0.15) is 0 Å². The van der Waals surface area contributed by atoms with Crippen LogP contribution in [0.2, 0.25) is 0 Å². The standard InChI is InChI=1S/C15H25NS2/c1-4-15(12-18-3)16(2)10-14(11-17)13-8-6-5-7-9-13/h5-9,14-15,17H,4,10-12H2,1-3H3. The molecule has 0 saturated heterocycles. The lowest BCUT2D eigenvalue weighted by Crippen LogP contribution is -2.36. The molecule has 102 valence electrons. The summed E-state index contributed by atoms with van der Waals surface area (Å²) in [5, 5.41) is 0. The van der Waals surface area contributed by atoms with E-state index < -0.39 is 0 Å². The largest absolute Gasteiger partial charge is 0.302 e. The van der Waals surface area contributed by atoms with E-state index in [1.165, 1.54) is 17.7 Å². The van der Waals surface area contributed by atoms with Gasteiger partial charge in [-0.2, -0.15) is 24.4 Å². The minimum atomic E-state index is 0.524. The molecule has 0 saturated carbocycles. The Hall–Kier alpha value is -0.120. The van der Waals surface area contributed by atoms with E-state index in [2.05, 4.69) is 68.1 Å². The number of likely N-dealkylation sites (N-methyl/N-ethyl adjacent to an activating group) is 1. The molecule has 18 heavy (non-hydrogen) atoms. The second kappa shape index (κ2) is 8.89. The Morgan fingerprint density at radius 2 is 1.94 bits per heavy atom. The topological polar surface area (TPSA) is 3.24 Å². The lowest BCUT2D eigenvalue weighted by Gasteiger charge is -2.30. The Labute approximate surface area is 122 Å². The smallest absolute Gasteiger partial charge is 0.0180 e. The summed E-state index contributed by atoms with van der Waals surface area (Å²) in [5.41, 5.74) is 1.40. The van der Waals surface area contributed by atoms with Crippen molar-refractivity contribution in [2.45, 2.75) is 25.3 Å². The minimum Gasteiger partial charge on any atom is -0.302 e. The molecule has 1 rings (SSSR count). The number of benzene rings is 1. The van der Waals surface area contributed by atoms with Gasteiger partial charge < -0.3 is 4.90 Å². The van der Waals surface area contributed by atoms with Crippen molar-refractivity contribution in [1.82, 2.24) is 4.90 Å². The van der Waals surface area contributed by atoms with Gasteiger partial charge in [0, 0.05) is 24.3 Å². The molecule has 0 spiro atoms. The molecule has 0 aliphatic rings. The molecule has 0 aromatic heterocycles. The molecule has 0 radical (unpaired) electrons. The van der Waals surface area contributed by atoms with Crippen molar-refractivity contribution in [3.63, 3.8) is 0 Å². The van der Waals surface area contributed by atoms with Crippen molar-refractivity contribution in [3.05, 3.63) is 35.9 Å². The number of rotatable bonds is 8. The van der Waals surface area contributed by atoms with Crippen LogP contribution in [0.4, 0.5) is 0 Å². The first-order chi connectivity index (χ1) is 8.72. The van der Waals surface area contributed by atoms with Crippen molar-refractivity contribution >= 4 is 24.4 Å². The quantitative estimate of drug-likeness (QED) is 0.723. The van der Waals surface area contributed by atoms with Gasteiger partial charge in [-0.3, -0.25) is 0 Å². The van der Waals surface area contributed by atoms with Crippen molar-refractivity contribution in [2.75, 3.05) is 31.4 Å². The van der Waals surface area contributed by atoms with Gasteiger partial charge in [-0.05, 0) is 31.0 Å². The summed E-state index contributed by atoms with van der Waals surface area (Å²) in [7, 11) is 2.24. The molecular formula is C15H25NS2. The average molecular weight is 284 g/mol. The molecule has 1 nitrogen and oxygen atoms in total. The number of hydrogen-bond donors (Lipinski definition) is 1. The van der Waals surface area contributed by atoms with Crippen LogP contribution in [0.1, 0.15) is 24.8 Å². The Kier molecular flexibility index (Phi) is 7.87. The highest BCUT2D eigenvalue weighted by Gasteiger charge is 2.17. The van der Waals surface area contributed by atoms with Crippen LogP contribution in [-0.4, -0.2) is 42.3 Å². The molecule has 0 fully saturated rings. The fourth-order valence-corrected chi connectivity index (χ4v) is 3.44. The van der Waals surface area contributed by atoms with E-state index >= 15 is 0 Å². The van der Waals surface area contributed by atoms with E-state index in [0.717, 1.165) is 12.3 Å². The summed E-state index contributed by atoms with van der Waals surface area (Å²) in [5.74, 6) is 2.64. The van der Waals surface area contributed by atoms with Gasteiger partial charge in [-0.15, -0.1) is 0 Å². The SMILES string of the molecule is CCC(CSC)N(C)CC(CS)c1ccccc1. The zero-order valence-electron chi connectivity index (χ0n) is 11.7. The van der Waals surface area contributed by atoms with Crippen LogP contribution in [0.25, 0.3) is 0 Å². The molecule has 0 N–H and O–H groups in total. The third kappa shape index (κ3) is 4.87. The van der Waals surface area contributed by atoms with Crippen molar-refractivity contribution in [2.24, 2.45) is 0 Å². The van der Waals surface area contributed by atoms with Crippen molar-refractivity contribution < 1.29 is 0 Å². The zero-order valence-corrected chi connectivity index (χ0v) is 13.4. The maximum Gasteiger partial charge on any atom is 0.0180 e. The molecule has 0 heterocycles. The summed E-state index contributed by atoms with van der Waals surface area (Å²) in [6.07, 6.45) is 3.40. The molecule has 0 amide bonds. The number of thiol groups is 1. The molecule has 1 aromatic carbocycles. The second-order valence-corrected chi connectivity index (χ2v) is 6.02. The van der Waals surface area contributed by atoms with Crippen LogP contribution < -0.4 is 0 Å². The van der Waals surface area contributed by atoms with Gasteiger partial charge in [0.25, 0.3) is 0 Å². The normalized spacial score (nSPS) is 14.7. The molecule has 2 unspecified atom stereocenters. The Balaban J connectivity index is 2.62. The van der Waals surface area contributed by atoms with E-state index in [1.54, 1.807) is 0 Å². The van der Waals surface area contributed by atoms with Crippen LogP contribution in [0.5, 0.6) is 0 Å². The lowest BCUT2D eigenvalue weighted by molar-refractivity contribution is 0.245. The van der Waals surface area contributed by atoms with Gasteiger partial charge >= 0.3 is 0 Å².